The number of aryl methyl sites for hydroxylation is 1. The van der Waals surface area contributed by atoms with Gasteiger partial charge in [0.15, 0.2) is 5.69 Å². The van der Waals surface area contributed by atoms with Crippen LogP contribution in [0.4, 0.5) is 0 Å². The quantitative estimate of drug-likeness (QED) is 0.611. The van der Waals surface area contributed by atoms with Crippen LogP contribution in [0.15, 0.2) is 36.9 Å². The van der Waals surface area contributed by atoms with Crippen molar-refractivity contribution in [2.75, 3.05) is 0 Å². The van der Waals surface area contributed by atoms with Gasteiger partial charge in [-0.3, -0.25) is 4.68 Å². The van der Waals surface area contributed by atoms with Crippen molar-refractivity contribution < 1.29 is 9.90 Å². The number of hydrogen-bond acceptors (Lipinski definition) is 2. The van der Waals surface area contributed by atoms with Crippen LogP contribution in [0.5, 0.6) is 0 Å². The van der Waals surface area contributed by atoms with Crippen LogP contribution in [0.1, 0.15) is 36.2 Å². The zero-order valence-electron chi connectivity index (χ0n) is 10.9. The summed E-state index contributed by atoms with van der Waals surface area (Å²) in [5, 5.41) is 14.1. The monoisotopic (exact) mass is 258 g/mol. The van der Waals surface area contributed by atoms with E-state index < -0.39 is 5.97 Å². The Bertz CT molecular complexity index is 587. The van der Waals surface area contributed by atoms with Crippen molar-refractivity contribution >= 4 is 16.9 Å². The van der Waals surface area contributed by atoms with Gasteiger partial charge in [0.25, 0.3) is 0 Å². The Morgan fingerprint density at radius 3 is 2.84 bits per heavy atom. The standard InChI is InChI=1S/C15H18N2O2/c1-2-3-4-5-8-11-17-13-10-7-6-9-12(13)14(16-17)15(18)19/h2,6-7,9-10H,1,3-5,8,11H2,(H,18,19). The molecule has 100 valence electrons. The summed E-state index contributed by atoms with van der Waals surface area (Å²) in [6.07, 6.45) is 6.17. The smallest absolute Gasteiger partial charge is 0.357 e. The number of hydrogen-bond donors (Lipinski definition) is 1. The van der Waals surface area contributed by atoms with Gasteiger partial charge in [0.2, 0.25) is 0 Å². The fourth-order valence-corrected chi connectivity index (χ4v) is 2.18. The van der Waals surface area contributed by atoms with Crippen molar-refractivity contribution in [3.8, 4) is 0 Å². The second-order valence-corrected chi connectivity index (χ2v) is 4.53. The predicted octanol–water partition coefficient (Wildman–Crippen LogP) is 3.48. The van der Waals surface area contributed by atoms with Crippen LogP contribution in [0.3, 0.4) is 0 Å². The van der Waals surface area contributed by atoms with E-state index in [2.05, 4.69) is 11.7 Å². The number of carboxylic acid groups (broad SMARTS) is 1. The lowest BCUT2D eigenvalue weighted by molar-refractivity contribution is 0.0691. The first-order chi connectivity index (χ1) is 9.24. The average Bonchev–Trinajstić information content (AvgIpc) is 2.78. The molecular weight excluding hydrogens is 240 g/mol. The number of para-hydroxylation sites is 1. The maximum absolute atomic E-state index is 11.2. The Labute approximate surface area is 112 Å². The van der Waals surface area contributed by atoms with Gasteiger partial charge < -0.3 is 5.11 Å². The molecule has 1 heterocycles. The van der Waals surface area contributed by atoms with Gasteiger partial charge in [0.1, 0.15) is 0 Å². The van der Waals surface area contributed by atoms with Gasteiger partial charge in [-0.2, -0.15) is 5.10 Å². The molecule has 0 radical (unpaired) electrons. The first-order valence-electron chi connectivity index (χ1n) is 6.54. The van der Waals surface area contributed by atoms with E-state index in [0.29, 0.717) is 5.39 Å². The van der Waals surface area contributed by atoms with Gasteiger partial charge in [-0.15, -0.1) is 6.58 Å². The molecule has 1 N–H and O–H groups in total. The molecule has 0 atom stereocenters. The van der Waals surface area contributed by atoms with Crippen LogP contribution in [0.25, 0.3) is 10.9 Å². The lowest BCUT2D eigenvalue weighted by Gasteiger charge is -2.02. The van der Waals surface area contributed by atoms with E-state index in [1.54, 1.807) is 10.7 Å². The van der Waals surface area contributed by atoms with Gasteiger partial charge in [0.05, 0.1) is 5.52 Å². The topological polar surface area (TPSA) is 55.1 Å². The highest BCUT2D eigenvalue weighted by atomic mass is 16.4. The third-order valence-electron chi connectivity index (χ3n) is 3.14. The summed E-state index contributed by atoms with van der Waals surface area (Å²) in [6.45, 7) is 4.45. The predicted molar refractivity (Wildman–Crippen MR) is 75.4 cm³/mol. The van der Waals surface area contributed by atoms with Crippen molar-refractivity contribution in [2.24, 2.45) is 0 Å². The molecule has 1 aromatic heterocycles. The molecule has 0 saturated heterocycles. The molecule has 0 saturated carbocycles. The molecule has 19 heavy (non-hydrogen) atoms. The van der Waals surface area contributed by atoms with E-state index in [1.807, 2.05) is 24.3 Å². The van der Waals surface area contributed by atoms with Crippen LogP contribution in [-0.4, -0.2) is 20.9 Å². The highest BCUT2D eigenvalue weighted by Gasteiger charge is 2.15. The molecule has 2 aromatic rings. The van der Waals surface area contributed by atoms with E-state index in [-0.39, 0.29) is 5.69 Å². The number of aromatic carboxylic acids is 1. The molecule has 0 aliphatic rings. The molecule has 0 aliphatic heterocycles. The molecule has 0 aliphatic carbocycles. The van der Waals surface area contributed by atoms with Crippen molar-refractivity contribution in [3.63, 3.8) is 0 Å². The third kappa shape index (κ3) is 3.02. The third-order valence-corrected chi connectivity index (χ3v) is 3.14. The number of aromatic nitrogens is 2. The van der Waals surface area contributed by atoms with Crippen molar-refractivity contribution in [1.29, 1.82) is 0 Å². The van der Waals surface area contributed by atoms with Crippen LogP contribution in [0, 0.1) is 0 Å². The summed E-state index contributed by atoms with van der Waals surface area (Å²) in [5.41, 5.74) is 1.03. The number of nitrogens with zero attached hydrogens (tertiary/aromatic N) is 2. The van der Waals surface area contributed by atoms with Gasteiger partial charge in [-0.1, -0.05) is 30.7 Å². The highest BCUT2D eigenvalue weighted by Crippen LogP contribution is 2.19. The summed E-state index contributed by atoms with van der Waals surface area (Å²) in [4.78, 5) is 11.2. The number of carboxylic acids is 1. The number of carbonyl (C=O) groups is 1. The Morgan fingerprint density at radius 1 is 1.32 bits per heavy atom. The Kier molecular flexibility index (Phi) is 4.34. The molecule has 0 unspecified atom stereocenters. The number of allylic oxidation sites excluding steroid dienone is 1. The fourth-order valence-electron chi connectivity index (χ4n) is 2.18. The molecular formula is C15H18N2O2. The van der Waals surface area contributed by atoms with Crippen molar-refractivity contribution in [1.82, 2.24) is 9.78 Å². The molecule has 2 rings (SSSR count). The lowest BCUT2D eigenvalue weighted by Crippen LogP contribution is -2.03. The fraction of sp³-hybridized carbons (Fsp3) is 0.333. The maximum atomic E-state index is 11.2. The zero-order chi connectivity index (χ0) is 13.7. The summed E-state index contributed by atoms with van der Waals surface area (Å²) in [5.74, 6) is -0.971. The molecule has 0 fully saturated rings. The summed E-state index contributed by atoms with van der Waals surface area (Å²) < 4.78 is 1.80. The van der Waals surface area contributed by atoms with Crippen LogP contribution >= 0.6 is 0 Å². The van der Waals surface area contributed by atoms with E-state index in [9.17, 15) is 4.79 Å². The minimum atomic E-state index is -0.971. The number of unbranched alkanes of at least 4 members (excludes halogenated alkanes) is 3. The Balaban J connectivity index is 2.14. The van der Waals surface area contributed by atoms with Gasteiger partial charge in [-0.05, 0) is 25.3 Å². The van der Waals surface area contributed by atoms with E-state index in [1.165, 1.54) is 0 Å². The molecule has 0 spiro atoms. The summed E-state index contributed by atoms with van der Waals surface area (Å²) in [6, 6.07) is 7.47. The summed E-state index contributed by atoms with van der Waals surface area (Å²) >= 11 is 0. The van der Waals surface area contributed by atoms with Crippen LogP contribution < -0.4 is 0 Å². The Morgan fingerprint density at radius 2 is 2.11 bits per heavy atom. The largest absolute Gasteiger partial charge is 0.476 e. The number of fused-ring (bicyclic) bond motifs is 1. The van der Waals surface area contributed by atoms with Crippen molar-refractivity contribution in [2.45, 2.75) is 32.2 Å². The van der Waals surface area contributed by atoms with Crippen LogP contribution in [-0.2, 0) is 6.54 Å². The van der Waals surface area contributed by atoms with Gasteiger partial charge in [0, 0.05) is 11.9 Å². The molecule has 1 aromatic carbocycles. The second kappa shape index (κ2) is 6.18. The number of benzene rings is 1. The SMILES string of the molecule is C=CCCCCCn1nc(C(=O)O)c2ccccc21. The minimum Gasteiger partial charge on any atom is -0.476 e. The first kappa shape index (κ1) is 13.3. The number of rotatable bonds is 7. The van der Waals surface area contributed by atoms with Gasteiger partial charge >= 0.3 is 5.97 Å². The minimum absolute atomic E-state index is 0.140. The van der Waals surface area contributed by atoms with Crippen LogP contribution in [0.2, 0.25) is 0 Å². The first-order valence-corrected chi connectivity index (χ1v) is 6.54. The zero-order valence-corrected chi connectivity index (χ0v) is 10.9. The van der Waals surface area contributed by atoms with Gasteiger partial charge in [-0.25, -0.2) is 4.79 Å². The Hall–Kier alpha value is -2.10. The second-order valence-electron chi connectivity index (χ2n) is 4.53. The summed E-state index contributed by atoms with van der Waals surface area (Å²) in [7, 11) is 0. The highest BCUT2D eigenvalue weighted by molar-refractivity contribution is 6.01. The molecule has 4 nitrogen and oxygen atoms in total. The maximum Gasteiger partial charge on any atom is 0.357 e. The molecule has 0 bridgehead atoms. The normalized spacial score (nSPS) is 10.7. The average molecular weight is 258 g/mol. The van der Waals surface area contributed by atoms with E-state index >= 15 is 0 Å². The lowest BCUT2D eigenvalue weighted by atomic mass is 10.2. The molecule has 0 amide bonds. The molecule has 4 heteroatoms. The van der Waals surface area contributed by atoms with Crippen molar-refractivity contribution in [3.05, 3.63) is 42.6 Å². The van der Waals surface area contributed by atoms with E-state index in [0.717, 1.165) is 37.7 Å². The van der Waals surface area contributed by atoms with E-state index in [4.69, 9.17) is 5.11 Å².